The van der Waals surface area contributed by atoms with Crippen LogP contribution in [0.25, 0.3) is 0 Å². The lowest BCUT2D eigenvalue weighted by atomic mass is 9.88. The third kappa shape index (κ3) is 3.60. The molecule has 0 bridgehead atoms. The number of ether oxygens (including phenoxy) is 1. The highest BCUT2D eigenvalue weighted by Gasteiger charge is 2.58. The molecule has 7 nitrogen and oxygen atoms in total. The lowest BCUT2D eigenvalue weighted by Crippen LogP contribution is -2.65. The largest absolute Gasteiger partial charge is 0.461 e. The second-order valence-corrected chi connectivity index (χ2v) is 11.4. The highest BCUT2D eigenvalue weighted by atomic mass is 32.2. The SMILES string of the molecule is CCOC(=O)C1=NN(c2ccccc2)[C@]2(Nc3sc4c(c3C(=O)N2c2ccccc2)CC[C@@H](C)C4)S1. The summed E-state index contributed by atoms with van der Waals surface area (Å²) < 4.78 is 5.31. The van der Waals surface area contributed by atoms with Crippen molar-refractivity contribution in [3.05, 3.63) is 76.7 Å². The number of amides is 1. The van der Waals surface area contributed by atoms with E-state index < -0.39 is 11.1 Å². The van der Waals surface area contributed by atoms with Crippen molar-refractivity contribution in [1.29, 1.82) is 0 Å². The van der Waals surface area contributed by atoms with Crippen LogP contribution in [0.5, 0.6) is 0 Å². The van der Waals surface area contributed by atoms with Gasteiger partial charge < -0.3 is 10.1 Å². The molecule has 2 aromatic carbocycles. The van der Waals surface area contributed by atoms with Crippen molar-refractivity contribution >= 4 is 56.4 Å². The Labute approximate surface area is 218 Å². The zero-order valence-electron chi connectivity index (χ0n) is 20.1. The molecule has 0 fully saturated rings. The number of benzene rings is 2. The first kappa shape index (κ1) is 23.1. The zero-order valence-corrected chi connectivity index (χ0v) is 21.7. The maximum Gasteiger partial charge on any atom is 0.365 e. The molecule has 0 saturated carbocycles. The van der Waals surface area contributed by atoms with Crippen molar-refractivity contribution in [2.75, 3.05) is 21.8 Å². The van der Waals surface area contributed by atoms with Crippen molar-refractivity contribution < 1.29 is 14.3 Å². The monoisotopic (exact) mass is 518 g/mol. The van der Waals surface area contributed by atoms with Crippen LogP contribution in [0.2, 0.25) is 0 Å². The van der Waals surface area contributed by atoms with Gasteiger partial charge in [0.25, 0.3) is 11.0 Å². The normalized spacial score (nSPS) is 22.7. The number of esters is 1. The molecule has 1 aromatic heterocycles. The number of nitrogens with zero attached hydrogens (tertiary/aromatic N) is 3. The van der Waals surface area contributed by atoms with Gasteiger partial charge in [-0.3, -0.25) is 9.69 Å². The number of hydrogen-bond donors (Lipinski definition) is 1. The molecular weight excluding hydrogens is 492 g/mol. The highest BCUT2D eigenvalue weighted by Crippen LogP contribution is 2.52. The second kappa shape index (κ2) is 8.97. The van der Waals surface area contributed by atoms with Crippen LogP contribution in [-0.4, -0.2) is 28.6 Å². The van der Waals surface area contributed by atoms with Crippen LogP contribution in [-0.2, 0) is 22.4 Å². The molecule has 6 rings (SSSR count). The molecule has 3 aliphatic rings. The third-order valence-electron chi connectivity index (χ3n) is 6.69. The number of carbonyl (C=O) groups excluding carboxylic acids is 2. The molecule has 36 heavy (non-hydrogen) atoms. The Balaban J connectivity index is 1.56. The van der Waals surface area contributed by atoms with Crippen LogP contribution in [0.1, 0.15) is 41.1 Å². The van der Waals surface area contributed by atoms with Gasteiger partial charge >= 0.3 is 5.97 Å². The van der Waals surface area contributed by atoms with E-state index in [1.807, 2.05) is 60.7 Å². The zero-order chi connectivity index (χ0) is 24.9. The molecule has 0 unspecified atom stereocenters. The number of anilines is 3. The maximum absolute atomic E-state index is 14.5. The first-order chi connectivity index (χ1) is 17.5. The van der Waals surface area contributed by atoms with Gasteiger partial charge in [0.15, 0.2) is 0 Å². The van der Waals surface area contributed by atoms with E-state index in [1.165, 1.54) is 16.6 Å². The molecule has 9 heteroatoms. The average Bonchev–Trinajstić information content (AvgIpc) is 3.43. The van der Waals surface area contributed by atoms with E-state index in [0.29, 0.717) is 5.92 Å². The van der Waals surface area contributed by atoms with Crippen molar-refractivity contribution in [1.82, 2.24) is 0 Å². The minimum absolute atomic E-state index is 0.0873. The van der Waals surface area contributed by atoms with Crippen molar-refractivity contribution in [3.8, 4) is 0 Å². The molecule has 2 atom stereocenters. The molecule has 1 spiro atoms. The van der Waals surface area contributed by atoms with E-state index in [2.05, 4.69) is 12.2 Å². The van der Waals surface area contributed by atoms with Gasteiger partial charge in [-0.15, -0.1) is 11.3 Å². The van der Waals surface area contributed by atoms with E-state index in [0.717, 1.165) is 46.8 Å². The van der Waals surface area contributed by atoms with Gasteiger partial charge in [0.2, 0.25) is 5.04 Å². The van der Waals surface area contributed by atoms with Crippen LogP contribution in [0.4, 0.5) is 16.4 Å². The van der Waals surface area contributed by atoms with E-state index in [1.54, 1.807) is 28.2 Å². The third-order valence-corrected chi connectivity index (χ3v) is 9.04. The molecule has 2 aliphatic heterocycles. The van der Waals surface area contributed by atoms with Gasteiger partial charge in [0.1, 0.15) is 5.00 Å². The van der Waals surface area contributed by atoms with Crippen LogP contribution in [0, 0.1) is 5.92 Å². The molecule has 1 aliphatic carbocycles. The quantitative estimate of drug-likeness (QED) is 0.448. The second-order valence-electron chi connectivity index (χ2n) is 9.14. The molecule has 184 valence electrons. The summed E-state index contributed by atoms with van der Waals surface area (Å²) in [5, 5.41) is 9.96. The summed E-state index contributed by atoms with van der Waals surface area (Å²) in [6, 6.07) is 19.2. The van der Waals surface area contributed by atoms with E-state index in [9.17, 15) is 9.59 Å². The molecule has 0 radical (unpaired) electrons. The summed E-state index contributed by atoms with van der Waals surface area (Å²) >= 11 is 2.86. The van der Waals surface area contributed by atoms with Crippen LogP contribution in [0.15, 0.2) is 65.8 Å². The van der Waals surface area contributed by atoms with Crippen molar-refractivity contribution in [2.24, 2.45) is 11.0 Å². The number of hydrazone groups is 1. The summed E-state index contributed by atoms with van der Waals surface area (Å²) in [5.74, 6) is -0.00396. The maximum atomic E-state index is 14.5. The smallest absolute Gasteiger partial charge is 0.365 e. The van der Waals surface area contributed by atoms with Gasteiger partial charge in [-0.25, -0.2) is 9.80 Å². The Morgan fingerprint density at radius 3 is 2.53 bits per heavy atom. The first-order valence-electron chi connectivity index (χ1n) is 12.1. The predicted molar refractivity (Wildman–Crippen MR) is 146 cm³/mol. The number of hydrogen-bond acceptors (Lipinski definition) is 8. The standard InChI is InChI=1S/C27H26N4O3S2/c1-3-34-26(33)24-29-31(19-12-8-5-9-13-19)27(36-24)28-23-22(20-15-14-17(2)16-21(20)35-23)25(32)30(27)18-10-6-4-7-11-18/h4-13,17,28H,3,14-16H2,1-2H3/t17-,27-/m1/s1. The van der Waals surface area contributed by atoms with Crippen molar-refractivity contribution in [2.45, 2.75) is 38.2 Å². The summed E-state index contributed by atoms with van der Waals surface area (Å²) in [7, 11) is 0. The fourth-order valence-corrected chi connectivity index (χ4v) is 7.75. The number of carbonyl (C=O) groups is 2. The lowest BCUT2D eigenvalue weighted by Gasteiger charge is -2.47. The number of rotatable bonds is 4. The van der Waals surface area contributed by atoms with E-state index >= 15 is 0 Å². The van der Waals surface area contributed by atoms with E-state index in [4.69, 9.17) is 9.84 Å². The lowest BCUT2D eigenvalue weighted by molar-refractivity contribution is -0.134. The number of nitrogens with one attached hydrogen (secondary N) is 1. The van der Waals surface area contributed by atoms with Gasteiger partial charge in [-0.1, -0.05) is 43.3 Å². The number of fused-ring (bicyclic) bond motifs is 3. The fourth-order valence-electron chi connectivity index (χ4n) is 5.04. The van der Waals surface area contributed by atoms with Crippen LogP contribution in [0.3, 0.4) is 0 Å². The minimum Gasteiger partial charge on any atom is -0.461 e. The Hall–Kier alpha value is -3.30. The van der Waals surface area contributed by atoms with Crippen LogP contribution < -0.4 is 15.2 Å². The Bertz CT molecular complexity index is 1360. The van der Waals surface area contributed by atoms with Gasteiger partial charge in [-0.05, 0) is 73.7 Å². The van der Waals surface area contributed by atoms with Gasteiger partial charge in [0.05, 0.1) is 17.9 Å². The number of thiophene rings is 1. The summed E-state index contributed by atoms with van der Waals surface area (Å²) in [6.45, 7) is 4.27. The molecule has 3 heterocycles. The number of para-hydroxylation sites is 2. The Kier molecular flexibility index (Phi) is 5.76. The topological polar surface area (TPSA) is 74.2 Å². The summed E-state index contributed by atoms with van der Waals surface area (Å²) in [5.41, 5.74) is 3.37. The first-order valence-corrected chi connectivity index (χ1v) is 13.8. The number of thioether (sulfide) groups is 1. The predicted octanol–water partition coefficient (Wildman–Crippen LogP) is 5.69. The van der Waals surface area contributed by atoms with Gasteiger partial charge in [-0.2, -0.15) is 5.10 Å². The average molecular weight is 519 g/mol. The summed E-state index contributed by atoms with van der Waals surface area (Å²) in [4.78, 5) is 30.4. The van der Waals surface area contributed by atoms with Crippen LogP contribution >= 0.6 is 23.1 Å². The Morgan fingerprint density at radius 1 is 1.14 bits per heavy atom. The molecular formula is C27H26N4O3S2. The molecule has 0 saturated heterocycles. The molecule has 3 aromatic rings. The summed E-state index contributed by atoms with van der Waals surface area (Å²) in [6.07, 6.45) is 2.94. The van der Waals surface area contributed by atoms with Crippen molar-refractivity contribution in [3.63, 3.8) is 0 Å². The highest BCUT2D eigenvalue weighted by molar-refractivity contribution is 8.17. The minimum atomic E-state index is -1.21. The molecule has 1 amide bonds. The van der Waals surface area contributed by atoms with Gasteiger partial charge in [0, 0.05) is 10.6 Å². The molecule has 1 N–H and O–H groups in total. The fraction of sp³-hybridized carbons (Fsp3) is 0.296. The Morgan fingerprint density at radius 2 is 1.83 bits per heavy atom. The van der Waals surface area contributed by atoms with E-state index in [-0.39, 0.29) is 17.6 Å².